The average Bonchev–Trinajstić information content (AvgIpc) is 2.69. The quantitative estimate of drug-likeness (QED) is 0.594. The molecule has 0 aliphatic carbocycles. The van der Waals surface area contributed by atoms with Gasteiger partial charge in [-0.05, 0) is 33.3 Å². The van der Waals surface area contributed by atoms with Gasteiger partial charge in [-0.1, -0.05) is 18.2 Å². The maximum atomic E-state index is 5.07. The molecule has 1 aromatic heterocycles. The number of nitrogens with zero attached hydrogens (tertiary/aromatic N) is 4. The minimum Gasteiger partial charge on any atom is -0.377 e. The van der Waals surface area contributed by atoms with Gasteiger partial charge in [0.25, 0.3) is 0 Å². The lowest BCUT2D eigenvalue weighted by Gasteiger charge is -2.04. The highest BCUT2D eigenvalue weighted by molar-refractivity contribution is 5.97. The van der Waals surface area contributed by atoms with E-state index in [-0.39, 0.29) is 0 Å². The minimum atomic E-state index is 0.398. The van der Waals surface area contributed by atoms with E-state index in [1.807, 2.05) is 45.9 Å². The van der Waals surface area contributed by atoms with Crippen molar-refractivity contribution in [2.45, 2.75) is 34.3 Å². The minimum absolute atomic E-state index is 0.398. The first-order chi connectivity index (χ1) is 8.60. The number of rotatable bonds is 5. The largest absolute Gasteiger partial charge is 0.377 e. The molecule has 0 aliphatic heterocycles. The first-order valence-corrected chi connectivity index (χ1v) is 5.85. The van der Waals surface area contributed by atoms with Crippen LogP contribution < -0.4 is 0 Å². The molecule has 1 rings (SSSR count). The van der Waals surface area contributed by atoms with E-state index in [0.717, 1.165) is 17.1 Å². The molecule has 0 bridgehead atoms. The van der Waals surface area contributed by atoms with Crippen LogP contribution in [0.25, 0.3) is 0 Å². The summed E-state index contributed by atoms with van der Waals surface area (Å²) >= 11 is 0. The first-order valence-electron chi connectivity index (χ1n) is 5.85. The normalized spacial score (nSPS) is 13.6. The summed E-state index contributed by atoms with van der Waals surface area (Å²) in [5.74, 6) is 1.45. The Bertz CT molecular complexity index is 483. The van der Waals surface area contributed by atoms with Gasteiger partial charge in [0.1, 0.15) is 6.61 Å². The SMILES string of the molecule is C\C=C/C=C(C)/C(C)=N/n1c(C)nnc1COC. The Morgan fingerprint density at radius 1 is 1.39 bits per heavy atom. The van der Waals surface area contributed by atoms with Crippen LogP contribution in [0.1, 0.15) is 32.4 Å². The van der Waals surface area contributed by atoms with Crippen molar-refractivity contribution in [3.63, 3.8) is 0 Å². The number of methoxy groups -OCH3 is 1. The van der Waals surface area contributed by atoms with Crippen LogP contribution in [-0.2, 0) is 11.3 Å². The zero-order valence-corrected chi connectivity index (χ0v) is 11.6. The van der Waals surface area contributed by atoms with Gasteiger partial charge in [-0.3, -0.25) is 0 Å². The lowest BCUT2D eigenvalue weighted by atomic mass is 10.2. The van der Waals surface area contributed by atoms with Gasteiger partial charge in [0.15, 0.2) is 11.6 Å². The smallest absolute Gasteiger partial charge is 0.180 e. The van der Waals surface area contributed by atoms with Gasteiger partial charge in [0.05, 0.1) is 5.71 Å². The Balaban J connectivity index is 3.04. The highest BCUT2D eigenvalue weighted by atomic mass is 16.5. The van der Waals surface area contributed by atoms with Gasteiger partial charge in [-0.2, -0.15) is 9.78 Å². The molecule has 0 aromatic carbocycles. The molecule has 0 unspecified atom stereocenters. The molecule has 0 N–H and O–H groups in total. The average molecular weight is 248 g/mol. The summed E-state index contributed by atoms with van der Waals surface area (Å²) in [6, 6.07) is 0. The molecule has 0 saturated heterocycles. The number of aromatic nitrogens is 3. The van der Waals surface area contributed by atoms with Gasteiger partial charge >= 0.3 is 0 Å². The number of hydrogen-bond donors (Lipinski definition) is 0. The molecule has 98 valence electrons. The summed E-state index contributed by atoms with van der Waals surface area (Å²) < 4.78 is 6.78. The number of hydrogen-bond acceptors (Lipinski definition) is 4. The van der Waals surface area contributed by atoms with Crippen molar-refractivity contribution in [3.05, 3.63) is 35.4 Å². The van der Waals surface area contributed by atoms with E-state index < -0.39 is 0 Å². The Morgan fingerprint density at radius 2 is 2.11 bits per heavy atom. The first kappa shape index (κ1) is 14.3. The Labute approximate surface area is 108 Å². The van der Waals surface area contributed by atoms with Crippen LogP contribution in [0, 0.1) is 6.92 Å². The van der Waals surface area contributed by atoms with Crippen LogP contribution >= 0.6 is 0 Å². The summed E-state index contributed by atoms with van der Waals surface area (Å²) in [5, 5.41) is 12.5. The van der Waals surface area contributed by atoms with E-state index in [1.54, 1.807) is 11.8 Å². The van der Waals surface area contributed by atoms with E-state index >= 15 is 0 Å². The van der Waals surface area contributed by atoms with Crippen molar-refractivity contribution in [2.24, 2.45) is 5.10 Å². The molecule has 1 heterocycles. The molecule has 0 spiro atoms. The van der Waals surface area contributed by atoms with Crippen LogP contribution in [-0.4, -0.2) is 27.7 Å². The highest BCUT2D eigenvalue weighted by Crippen LogP contribution is 2.05. The second-order valence-corrected chi connectivity index (χ2v) is 3.97. The molecule has 1 aromatic rings. The third-order valence-electron chi connectivity index (χ3n) is 2.49. The van der Waals surface area contributed by atoms with E-state index in [4.69, 9.17) is 4.74 Å². The molecule has 18 heavy (non-hydrogen) atoms. The monoisotopic (exact) mass is 248 g/mol. The van der Waals surface area contributed by atoms with E-state index in [9.17, 15) is 0 Å². The Kier molecular flexibility index (Phi) is 5.45. The maximum Gasteiger partial charge on any atom is 0.180 e. The molecule has 0 aliphatic rings. The number of allylic oxidation sites excluding steroid dienone is 4. The molecule has 5 heteroatoms. The predicted molar refractivity (Wildman–Crippen MR) is 72.6 cm³/mol. The summed E-state index contributed by atoms with van der Waals surface area (Å²) in [6.45, 7) is 8.24. The Morgan fingerprint density at radius 3 is 2.72 bits per heavy atom. The third kappa shape index (κ3) is 3.63. The standard InChI is InChI=1S/C13H20N4O/c1-6-7-8-10(2)11(3)16-17-12(4)14-15-13(17)9-18-5/h6-8H,9H2,1-5H3/b7-6-,10-8+,16-11+. The van der Waals surface area contributed by atoms with Crippen molar-refractivity contribution in [1.82, 2.24) is 14.9 Å². The number of aryl methyl sites for hydroxylation is 1. The third-order valence-corrected chi connectivity index (χ3v) is 2.49. The van der Waals surface area contributed by atoms with E-state index in [0.29, 0.717) is 12.4 Å². The topological polar surface area (TPSA) is 52.3 Å². The van der Waals surface area contributed by atoms with Crippen LogP contribution in [0.2, 0.25) is 0 Å². The summed E-state index contributed by atoms with van der Waals surface area (Å²) in [7, 11) is 1.63. The van der Waals surface area contributed by atoms with Crippen molar-refractivity contribution in [3.8, 4) is 0 Å². The molecule has 5 nitrogen and oxygen atoms in total. The van der Waals surface area contributed by atoms with E-state index in [1.165, 1.54) is 0 Å². The second kappa shape index (κ2) is 6.86. The lowest BCUT2D eigenvalue weighted by molar-refractivity contribution is 0.174. The van der Waals surface area contributed by atoms with E-state index in [2.05, 4.69) is 15.3 Å². The van der Waals surface area contributed by atoms with Gasteiger partial charge in [0.2, 0.25) is 0 Å². The maximum absolute atomic E-state index is 5.07. The molecule has 0 atom stereocenters. The van der Waals surface area contributed by atoms with Crippen molar-refractivity contribution < 1.29 is 4.74 Å². The van der Waals surface area contributed by atoms with Crippen LogP contribution in [0.15, 0.2) is 28.9 Å². The van der Waals surface area contributed by atoms with Gasteiger partial charge < -0.3 is 4.74 Å². The van der Waals surface area contributed by atoms with Crippen LogP contribution in [0.3, 0.4) is 0 Å². The molecular weight excluding hydrogens is 228 g/mol. The van der Waals surface area contributed by atoms with Crippen LogP contribution in [0.5, 0.6) is 0 Å². The van der Waals surface area contributed by atoms with Crippen molar-refractivity contribution in [2.75, 3.05) is 7.11 Å². The van der Waals surface area contributed by atoms with Gasteiger partial charge in [0, 0.05) is 7.11 Å². The summed E-state index contributed by atoms with van der Waals surface area (Å²) in [5.41, 5.74) is 2.03. The number of ether oxygens (including phenoxy) is 1. The van der Waals surface area contributed by atoms with Crippen molar-refractivity contribution in [1.29, 1.82) is 0 Å². The summed E-state index contributed by atoms with van der Waals surface area (Å²) in [6.07, 6.45) is 6.00. The fourth-order valence-corrected chi connectivity index (χ4v) is 1.34. The predicted octanol–water partition coefficient (Wildman–Crippen LogP) is 2.48. The molecular formula is C13H20N4O. The van der Waals surface area contributed by atoms with Gasteiger partial charge in [-0.15, -0.1) is 10.2 Å². The molecule has 0 fully saturated rings. The zero-order chi connectivity index (χ0) is 13.5. The van der Waals surface area contributed by atoms with Crippen LogP contribution in [0.4, 0.5) is 0 Å². The molecule has 0 amide bonds. The second-order valence-electron chi connectivity index (χ2n) is 3.97. The molecule has 0 saturated carbocycles. The zero-order valence-electron chi connectivity index (χ0n) is 11.6. The fourth-order valence-electron chi connectivity index (χ4n) is 1.34. The molecule has 0 radical (unpaired) electrons. The summed E-state index contributed by atoms with van der Waals surface area (Å²) in [4.78, 5) is 0. The fraction of sp³-hybridized carbons (Fsp3) is 0.462. The lowest BCUT2D eigenvalue weighted by Crippen LogP contribution is -2.05. The highest BCUT2D eigenvalue weighted by Gasteiger charge is 2.08. The Hall–Kier alpha value is -1.75. The van der Waals surface area contributed by atoms with Gasteiger partial charge in [-0.25, -0.2) is 0 Å². The van der Waals surface area contributed by atoms with Crippen molar-refractivity contribution >= 4 is 5.71 Å².